The van der Waals surface area contributed by atoms with Gasteiger partial charge in [-0.3, -0.25) is 4.79 Å². The van der Waals surface area contributed by atoms with E-state index in [0.717, 1.165) is 30.8 Å². The maximum Gasteiger partial charge on any atom is 0.133 e. The fourth-order valence-corrected chi connectivity index (χ4v) is 1.94. The van der Waals surface area contributed by atoms with Gasteiger partial charge in [0.05, 0.1) is 0 Å². The van der Waals surface area contributed by atoms with Gasteiger partial charge in [0, 0.05) is 18.8 Å². The van der Waals surface area contributed by atoms with E-state index in [4.69, 9.17) is 4.42 Å². The molecule has 0 saturated heterocycles. The van der Waals surface area contributed by atoms with Crippen LogP contribution in [0.25, 0.3) is 0 Å². The molecular weight excluding hydrogens is 164 g/mol. The largest absolute Gasteiger partial charge is 0.466 e. The van der Waals surface area contributed by atoms with Crippen LogP contribution < -0.4 is 0 Å². The first-order chi connectivity index (χ1) is 6.25. The molecule has 2 rings (SSSR count). The van der Waals surface area contributed by atoms with Gasteiger partial charge in [-0.15, -0.1) is 0 Å². The molecule has 0 aliphatic heterocycles. The topological polar surface area (TPSA) is 30.2 Å². The first kappa shape index (κ1) is 8.54. The molecule has 0 radical (unpaired) electrons. The monoisotopic (exact) mass is 178 g/mol. The number of Topliss-reactive ketones (excluding diaryl/α,β-unsaturated/α-hetero) is 1. The minimum atomic E-state index is 0.343. The molecule has 0 spiro atoms. The molecule has 70 valence electrons. The Morgan fingerprint density at radius 3 is 2.92 bits per heavy atom. The lowest BCUT2D eigenvalue weighted by Gasteiger charge is -2.18. The van der Waals surface area contributed by atoms with Crippen LogP contribution in [0.2, 0.25) is 0 Å². The van der Waals surface area contributed by atoms with Crippen molar-refractivity contribution in [3.05, 3.63) is 23.7 Å². The Balaban J connectivity index is 2.12. The van der Waals surface area contributed by atoms with E-state index in [1.807, 2.05) is 19.1 Å². The highest BCUT2D eigenvalue weighted by Gasteiger charge is 2.22. The summed E-state index contributed by atoms with van der Waals surface area (Å²) in [4.78, 5) is 11.2. The molecule has 1 aliphatic carbocycles. The van der Waals surface area contributed by atoms with E-state index in [-0.39, 0.29) is 0 Å². The summed E-state index contributed by atoms with van der Waals surface area (Å²) in [5.41, 5.74) is 0. The van der Waals surface area contributed by atoms with Crippen molar-refractivity contribution >= 4 is 5.78 Å². The lowest BCUT2D eigenvalue weighted by Crippen LogP contribution is -2.12. The van der Waals surface area contributed by atoms with Crippen LogP contribution >= 0.6 is 0 Å². The number of hydrogen-bond acceptors (Lipinski definition) is 2. The van der Waals surface area contributed by atoms with Gasteiger partial charge in [0.2, 0.25) is 0 Å². The second-order valence-corrected chi connectivity index (χ2v) is 3.78. The number of ketones is 1. The first-order valence-corrected chi connectivity index (χ1v) is 4.84. The van der Waals surface area contributed by atoms with E-state index >= 15 is 0 Å². The molecule has 1 aliphatic rings. The van der Waals surface area contributed by atoms with Gasteiger partial charge in [0.25, 0.3) is 0 Å². The van der Waals surface area contributed by atoms with E-state index in [2.05, 4.69) is 0 Å². The van der Waals surface area contributed by atoms with Crippen molar-refractivity contribution < 1.29 is 9.21 Å². The standard InChI is InChI=1S/C11H14O2/c1-8-5-6-11(13-8)9-3-2-4-10(12)7-9/h5-6,9H,2-4,7H2,1H3. The lowest BCUT2D eigenvalue weighted by atomic mass is 9.87. The molecule has 1 aromatic heterocycles. The smallest absolute Gasteiger partial charge is 0.133 e. The molecule has 1 aromatic rings. The average molecular weight is 178 g/mol. The quantitative estimate of drug-likeness (QED) is 0.662. The summed E-state index contributed by atoms with van der Waals surface area (Å²) in [6.07, 6.45) is 3.55. The van der Waals surface area contributed by atoms with Crippen LogP contribution in [0.5, 0.6) is 0 Å². The zero-order valence-electron chi connectivity index (χ0n) is 7.88. The van der Waals surface area contributed by atoms with Crippen LogP contribution in [0, 0.1) is 6.92 Å². The SMILES string of the molecule is Cc1ccc(C2CCCC(=O)C2)o1. The zero-order valence-corrected chi connectivity index (χ0v) is 7.88. The van der Waals surface area contributed by atoms with E-state index < -0.39 is 0 Å². The highest BCUT2D eigenvalue weighted by Crippen LogP contribution is 2.31. The van der Waals surface area contributed by atoms with Crippen molar-refractivity contribution in [2.75, 3.05) is 0 Å². The van der Waals surface area contributed by atoms with Crippen LogP contribution in [-0.2, 0) is 4.79 Å². The Morgan fingerprint density at radius 1 is 1.46 bits per heavy atom. The summed E-state index contributed by atoms with van der Waals surface area (Å²) in [5.74, 6) is 2.65. The van der Waals surface area contributed by atoms with E-state index in [9.17, 15) is 4.79 Å². The number of carbonyl (C=O) groups is 1. The van der Waals surface area contributed by atoms with Gasteiger partial charge in [-0.2, -0.15) is 0 Å². The molecule has 0 amide bonds. The van der Waals surface area contributed by atoms with Gasteiger partial charge in [0.15, 0.2) is 0 Å². The van der Waals surface area contributed by atoms with Crippen LogP contribution in [0.1, 0.15) is 43.1 Å². The van der Waals surface area contributed by atoms with Crippen molar-refractivity contribution in [2.24, 2.45) is 0 Å². The van der Waals surface area contributed by atoms with Crippen molar-refractivity contribution in [2.45, 2.75) is 38.5 Å². The summed E-state index contributed by atoms with van der Waals surface area (Å²) in [7, 11) is 0. The van der Waals surface area contributed by atoms with Gasteiger partial charge in [0.1, 0.15) is 17.3 Å². The van der Waals surface area contributed by atoms with Crippen LogP contribution in [0.4, 0.5) is 0 Å². The van der Waals surface area contributed by atoms with Crippen molar-refractivity contribution in [1.29, 1.82) is 0 Å². The second-order valence-electron chi connectivity index (χ2n) is 3.78. The molecule has 1 heterocycles. The van der Waals surface area contributed by atoms with Gasteiger partial charge < -0.3 is 4.42 Å². The number of hydrogen-bond donors (Lipinski definition) is 0. The van der Waals surface area contributed by atoms with Crippen LogP contribution in [0.15, 0.2) is 16.5 Å². The highest BCUT2D eigenvalue weighted by atomic mass is 16.3. The number of rotatable bonds is 1. The molecule has 2 heteroatoms. The summed E-state index contributed by atoms with van der Waals surface area (Å²) in [6.45, 7) is 1.94. The van der Waals surface area contributed by atoms with Gasteiger partial charge in [-0.05, 0) is 31.9 Å². The summed E-state index contributed by atoms with van der Waals surface area (Å²) < 4.78 is 5.52. The predicted octanol–water partition coefficient (Wildman–Crippen LogP) is 2.81. The molecule has 0 bridgehead atoms. The predicted molar refractivity (Wildman–Crippen MR) is 49.7 cm³/mol. The Morgan fingerprint density at radius 2 is 2.31 bits per heavy atom. The molecule has 13 heavy (non-hydrogen) atoms. The molecule has 0 aromatic carbocycles. The third-order valence-electron chi connectivity index (χ3n) is 2.65. The minimum absolute atomic E-state index is 0.343. The molecule has 0 N–H and O–H groups in total. The Hall–Kier alpha value is -1.05. The van der Waals surface area contributed by atoms with Crippen LogP contribution in [0.3, 0.4) is 0 Å². The van der Waals surface area contributed by atoms with Crippen LogP contribution in [-0.4, -0.2) is 5.78 Å². The van der Waals surface area contributed by atoms with E-state index in [0.29, 0.717) is 18.1 Å². The normalized spacial score (nSPS) is 23.5. The van der Waals surface area contributed by atoms with Gasteiger partial charge in [-0.25, -0.2) is 0 Å². The molecule has 1 saturated carbocycles. The first-order valence-electron chi connectivity index (χ1n) is 4.84. The highest BCUT2D eigenvalue weighted by molar-refractivity contribution is 5.79. The molecule has 2 nitrogen and oxygen atoms in total. The molecular formula is C11H14O2. The average Bonchev–Trinajstić information content (AvgIpc) is 2.52. The fourth-order valence-electron chi connectivity index (χ4n) is 1.94. The number of furan rings is 1. The lowest BCUT2D eigenvalue weighted by molar-refractivity contribution is -0.120. The maximum absolute atomic E-state index is 11.2. The summed E-state index contributed by atoms with van der Waals surface area (Å²) in [5, 5.41) is 0. The van der Waals surface area contributed by atoms with Crippen molar-refractivity contribution in [3.8, 4) is 0 Å². The molecule has 1 unspecified atom stereocenters. The Kier molecular flexibility index (Phi) is 2.21. The van der Waals surface area contributed by atoms with E-state index in [1.54, 1.807) is 0 Å². The van der Waals surface area contributed by atoms with E-state index in [1.165, 1.54) is 0 Å². The number of aryl methyl sites for hydroxylation is 1. The van der Waals surface area contributed by atoms with Gasteiger partial charge in [-0.1, -0.05) is 0 Å². The third-order valence-corrected chi connectivity index (χ3v) is 2.65. The summed E-state index contributed by atoms with van der Waals surface area (Å²) in [6, 6.07) is 3.97. The maximum atomic E-state index is 11.2. The Bertz CT molecular complexity index is 312. The molecule has 1 atom stereocenters. The fraction of sp³-hybridized carbons (Fsp3) is 0.545. The zero-order chi connectivity index (χ0) is 9.26. The van der Waals surface area contributed by atoms with Crippen molar-refractivity contribution in [1.82, 2.24) is 0 Å². The second kappa shape index (κ2) is 3.36. The third kappa shape index (κ3) is 1.82. The minimum Gasteiger partial charge on any atom is -0.466 e. The molecule has 1 fully saturated rings. The van der Waals surface area contributed by atoms with Gasteiger partial charge >= 0.3 is 0 Å². The Labute approximate surface area is 77.9 Å². The summed E-state index contributed by atoms with van der Waals surface area (Å²) >= 11 is 0. The number of carbonyl (C=O) groups excluding carboxylic acids is 1. The van der Waals surface area contributed by atoms with Crippen molar-refractivity contribution in [3.63, 3.8) is 0 Å².